The molecule has 5 atom stereocenters. The number of benzene rings is 1. The summed E-state index contributed by atoms with van der Waals surface area (Å²) >= 11 is 0. The van der Waals surface area contributed by atoms with E-state index in [0.29, 0.717) is 37.9 Å². The van der Waals surface area contributed by atoms with Gasteiger partial charge in [0.2, 0.25) is 11.8 Å². The topological polar surface area (TPSA) is 108 Å². The molecule has 9 nitrogen and oxygen atoms in total. The quantitative estimate of drug-likeness (QED) is 0.354. The second-order valence-corrected chi connectivity index (χ2v) is 10.2. The number of fused-ring (bicyclic) bond motifs is 1. The minimum absolute atomic E-state index is 0.00632. The van der Waals surface area contributed by atoms with Gasteiger partial charge in [-0.1, -0.05) is 0 Å². The van der Waals surface area contributed by atoms with Gasteiger partial charge < -0.3 is 29.7 Å². The van der Waals surface area contributed by atoms with E-state index in [1.54, 1.807) is 11.8 Å². The number of ether oxygens (including phenoxy) is 2. The summed E-state index contributed by atoms with van der Waals surface area (Å²) in [5, 5.41) is 12.3. The molecule has 0 aliphatic carbocycles. The van der Waals surface area contributed by atoms with Crippen molar-refractivity contribution in [3.05, 3.63) is 24.3 Å². The van der Waals surface area contributed by atoms with E-state index in [0.717, 1.165) is 18.8 Å². The van der Waals surface area contributed by atoms with Crippen LogP contribution in [0.25, 0.3) is 0 Å². The average Bonchev–Trinajstić information content (AvgIpc) is 3.42. The number of hydrogen-bond donors (Lipinski definition) is 2. The standard InChI is InChI=1S/C27H39N3O6/c1-5-29(6-2)19-12-10-18(11-13-19)28-23(32)22-27-15-14-26(4,36-27)21(25(34)35-7-3)20(27)24(33)30(22)16-8-9-17-31/h10-13,20-22,31H,5-9,14-17H2,1-4H3,(H,28,32)/t20-,21-,22?,26+,27?/m0/s1. The monoisotopic (exact) mass is 501 g/mol. The predicted molar refractivity (Wildman–Crippen MR) is 136 cm³/mol. The molecule has 2 N–H and O–H groups in total. The Balaban J connectivity index is 1.64. The van der Waals surface area contributed by atoms with Crippen molar-refractivity contribution < 1.29 is 29.0 Å². The second-order valence-electron chi connectivity index (χ2n) is 10.2. The lowest BCUT2D eigenvalue weighted by atomic mass is 9.66. The van der Waals surface area contributed by atoms with Crippen molar-refractivity contribution in [3.63, 3.8) is 0 Å². The first-order chi connectivity index (χ1) is 17.3. The van der Waals surface area contributed by atoms with E-state index in [1.165, 1.54) is 0 Å². The molecule has 1 aromatic rings. The number of unbranched alkanes of at least 4 members (excludes halogenated alkanes) is 1. The van der Waals surface area contributed by atoms with Crippen molar-refractivity contribution in [1.29, 1.82) is 0 Å². The lowest BCUT2D eigenvalue weighted by Crippen LogP contribution is -2.53. The number of carbonyl (C=O) groups excluding carboxylic acids is 3. The van der Waals surface area contributed by atoms with Gasteiger partial charge in [0.05, 0.1) is 18.1 Å². The van der Waals surface area contributed by atoms with Crippen LogP contribution in [-0.2, 0) is 23.9 Å². The molecule has 1 spiro atoms. The predicted octanol–water partition coefficient (Wildman–Crippen LogP) is 2.57. The van der Waals surface area contributed by atoms with Crippen LogP contribution in [0, 0.1) is 11.8 Å². The molecule has 3 aliphatic rings. The zero-order valence-electron chi connectivity index (χ0n) is 21.8. The van der Waals surface area contributed by atoms with Crippen LogP contribution in [0.5, 0.6) is 0 Å². The smallest absolute Gasteiger partial charge is 0.312 e. The van der Waals surface area contributed by atoms with Crippen molar-refractivity contribution in [2.24, 2.45) is 11.8 Å². The molecular formula is C27H39N3O6. The van der Waals surface area contributed by atoms with Gasteiger partial charge in [0, 0.05) is 37.6 Å². The van der Waals surface area contributed by atoms with Crippen molar-refractivity contribution in [3.8, 4) is 0 Å². The molecule has 3 heterocycles. The van der Waals surface area contributed by atoms with E-state index in [1.807, 2.05) is 31.2 Å². The van der Waals surface area contributed by atoms with Crippen molar-refractivity contribution in [1.82, 2.24) is 4.90 Å². The lowest BCUT2D eigenvalue weighted by molar-refractivity contribution is -0.158. The van der Waals surface area contributed by atoms with Crippen molar-refractivity contribution in [2.75, 3.05) is 43.1 Å². The third-order valence-electron chi connectivity index (χ3n) is 8.14. The number of aliphatic hydroxyl groups is 1. The van der Waals surface area contributed by atoms with Crippen molar-refractivity contribution >= 4 is 29.2 Å². The minimum atomic E-state index is -1.08. The number of nitrogens with one attached hydrogen (secondary N) is 1. The molecule has 3 aliphatic heterocycles. The highest BCUT2D eigenvalue weighted by Crippen LogP contribution is 2.63. The molecule has 3 saturated heterocycles. The molecule has 4 rings (SSSR count). The number of rotatable bonds is 11. The zero-order chi connectivity index (χ0) is 26.1. The van der Waals surface area contributed by atoms with Gasteiger partial charge in [0.15, 0.2) is 0 Å². The Kier molecular flexibility index (Phi) is 7.61. The Morgan fingerprint density at radius 3 is 2.47 bits per heavy atom. The maximum Gasteiger partial charge on any atom is 0.312 e. The molecule has 36 heavy (non-hydrogen) atoms. The van der Waals surface area contributed by atoms with Crippen LogP contribution in [0.2, 0.25) is 0 Å². The van der Waals surface area contributed by atoms with Gasteiger partial charge in [-0.05, 0) is 77.6 Å². The number of carbonyl (C=O) groups is 3. The van der Waals surface area contributed by atoms with Gasteiger partial charge in [-0.15, -0.1) is 0 Å². The van der Waals surface area contributed by atoms with Gasteiger partial charge in [-0.3, -0.25) is 14.4 Å². The molecule has 1 aromatic carbocycles. The number of hydrogen-bond acceptors (Lipinski definition) is 7. The number of amides is 2. The second kappa shape index (κ2) is 10.4. The van der Waals surface area contributed by atoms with Crippen LogP contribution in [0.15, 0.2) is 24.3 Å². The van der Waals surface area contributed by atoms with Gasteiger partial charge >= 0.3 is 5.97 Å². The molecular weight excluding hydrogens is 462 g/mol. The first kappa shape index (κ1) is 26.4. The summed E-state index contributed by atoms with van der Waals surface area (Å²) in [5.74, 6) is -2.51. The van der Waals surface area contributed by atoms with E-state index < -0.39 is 35.0 Å². The SMILES string of the molecule is CCOC(=O)[C@@H]1[C@H]2C(=O)N(CCCCO)C(C(=O)Nc3ccc(N(CC)CC)cc3)C23CC[C@@]1(C)O3. The van der Waals surface area contributed by atoms with Gasteiger partial charge in [0.25, 0.3) is 0 Å². The molecule has 0 radical (unpaired) electrons. The van der Waals surface area contributed by atoms with Crippen molar-refractivity contribution in [2.45, 2.75) is 70.6 Å². The summed E-state index contributed by atoms with van der Waals surface area (Å²) in [5.41, 5.74) is -0.206. The zero-order valence-corrected chi connectivity index (χ0v) is 21.8. The van der Waals surface area contributed by atoms with Crippen LogP contribution in [0.4, 0.5) is 11.4 Å². The number of esters is 1. The highest BCUT2D eigenvalue weighted by atomic mass is 16.6. The molecule has 0 saturated carbocycles. The van der Waals surface area contributed by atoms with E-state index in [-0.39, 0.29) is 25.0 Å². The summed E-state index contributed by atoms with van der Waals surface area (Å²) in [7, 11) is 0. The summed E-state index contributed by atoms with van der Waals surface area (Å²) in [6, 6.07) is 6.81. The largest absolute Gasteiger partial charge is 0.466 e. The van der Waals surface area contributed by atoms with Crippen LogP contribution in [-0.4, -0.2) is 77.9 Å². The van der Waals surface area contributed by atoms with E-state index in [9.17, 15) is 19.5 Å². The Morgan fingerprint density at radius 2 is 1.86 bits per heavy atom. The Hall–Kier alpha value is -2.65. The fourth-order valence-electron chi connectivity index (χ4n) is 6.51. The van der Waals surface area contributed by atoms with E-state index in [4.69, 9.17) is 9.47 Å². The number of nitrogens with zero attached hydrogens (tertiary/aromatic N) is 2. The minimum Gasteiger partial charge on any atom is -0.466 e. The summed E-state index contributed by atoms with van der Waals surface area (Å²) in [6.07, 6.45) is 2.16. The maximum atomic E-state index is 13.8. The highest BCUT2D eigenvalue weighted by molar-refractivity contribution is 6.03. The molecule has 9 heteroatoms. The van der Waals surface area contributed by atoms with E-state index in [2.05, 4.69) is 24.1 Å². The third kappa shape index (κ3) is 4.26. The molecule has 198 valence electrons. The van der Waals surface area contributed by atoms with Crippen LogP contribution < -0.4 is 10.2 Å². The molecule has 3 fully saturated rings. The van der Waals surface area contributed by atoms with Crippen LogP contribution in [0.1, 0.15) is 53.4 Å². The normalized spacial score (nSPS) is 30.4. The van der Waals surface area contributed by atoms with Gasteiger partial charge in [0.1, 0.15) is 17.6 Å². The highest BCUT2D eigenvalue weighted by Gasteiger charge is 2.78. The van der Waals surface area contributed by atoms with E-state index >= 15 is 0 Å². The lowest BCUT2D eigenvalue weighted by Gasteiger charge is -2.33. The first-order valence-electron chi connectivity index (χ1n) is 13.2. The van der Waals surface area contributed by atoms with Crippen LogP contribution >= 0.6 is 0 Å². The molecule has 2 bridgehead atoms. The number of likely N-dealkylation sites (tertiary alicyclic amines) is 1. The third-order valence-corrected chi connectivity index (χ3v) is 8.14. The number of aliphatic hydroxyl groups excluding tert-OH is 1. The fraction of sp³-hybridized carbons (Fsp3) is 0.667. The average molecular weight is 502 g/mol. The molecule has 0 aromatic heterocycles. The number of anilines is 2. The summed E-state index contributed by atoms with van der Waals surface area (Å²) in [6.45, 7) is 10.1. The molecule has 2 unspecified atom stereocenters. The molecule has 2 amide bonds. The fourth-order valence-corrected chi connectivity index (χ4v) is 6.51. The summed E-state index contributed by atoms with van der Waals surface area (Å²) in [4.78, 5) is 44.3. The Morgan fingerprint density at radius 1 is 1.17 bits per heavy atom. The van der Waals surface area contributed by atoms with Gasteiger partial charge in [-0.25, -0.2) is 0 Å². The van der Waals surface area contributed by atoms with Gasteiger partial charge in [-0.2, -0.15) is 0 Å². The Bertz CT molecular complexity index is 980. The maximum absolute atomic E-state index is 13.8. The summed E-state index contributed by atoms with van der Waals surface area (Å²) < 4.78 is 11.9. The van der Waals surface area contributed by atoms with Crippen LogP contribution in [0.3, 0.4) is 0 Å². The first-order valence-corrected chi connectivity index (χ1v) is 13.2. The Labute approximate surface area is 213 Å².